The van der Waals surface area contributed by atoms with E-state index in [1.54, 1.807) is 10.7 Å². The Kier molecular flexibility index (Phi) is 5.64. The zero-order valence-corrected chi connectivity index (χ0v) is 17.3. The van der Waals surface area contributed by atoms with E-state index in [-0.39, 0.29) is 6.42 Å². The van der Waals surface area contributed by atoms with Crippen LogP contribution in [0.4, 0.5) is 14.6 Å². The summed E-state index contributed by atoms with van der Waals surface area (Å²) in [6.07, 6.45) is 0.152. The molecule has 8 nitrogen and oxygen atoms in total. The highest BCUT2D eigenvalue weighted by molar-refractivity contribution is 5.80. The van der Waals surface area contributed by atoms with Gasteiger partial charge in [-0.25, -0.2) is 18.4 Å². The van der Waals surface area contributed by atoms with E-state index in [4.69, 9.17) is 5.73 Å². The number of aromatic nitrogens is 4. The number of carbonyl (C=O) groups is 1. The normalized spacial score (nSPS) is 16.5. The Morgan fingerprint density at radius 3 is 2.71 bits per heavy atom. The van der Waals surface area contributed by atoms with Gasteiger partial charge in [0.05, 0.1) is 11.4 Å². The molecule has 0 spiro atoms. The van der Waals surface area contributed by atoms with Crippen LogP contribution in [0, 0.1) is 25.5 Å². The van der Waals surface area contributed by atoms with Crippen LogP contribution in [0.15, 0.2) is 30.3 Å². The summed E-state index contributed by atoms with van der Waals surface area (Å²) in [6.45, 7) is 5.29. The molecule has 0 aliphatic carbocycles. The predicted octanol–water partition coefficient (Wildman–Crippen LogP) is 1.41. The summed E-state index contributed by atoms with van der Waals surface area (Å²) in [5.74, 6) is -0.779. The average molecular weight is 427 g/mol. The number of hydrogen-bond donors (Lipinski definition) is 2. The van der Waals surface area contributed by atoms with E-state index < -0.39 is 23.6 Å². The van der Waals surface area contributed by atoms with Crippen molar-refractivity contribution < 1.29 is 13.6 Å². The second kappa shape index (κ2) is 8.38. The highest BCUT2D eigenvalue weighted by atomic mass is 19.1. The number of rotatable bonds is 5. The van der Waals surface area contributed by atoms with Crippen LogP contribution in [0.3, 0.4) is 0 Å². The van der Waals surface area contributed by atoms with Crippen molar-refractivity contribution in [2.24, 2.45) is 5.73 Å². The molecule has 1 fully saturated rings. The van der Waals surface area contributed by atoms with Gasteiger partial charge in [-0.05, 0) is 31.5 Å². The Hall–Kier alpha value is -3.40. The number of piperazine rings is 1. The summed E-state index contributed by atoms with van der Waals surface area (Å²) in [5.41, 5.74) is 8.00. The Morgan fingerprint density at radius 2 is 2.03 bits per heavy atom. The third kappa shape index (κ3) is 4.53. The van der Waals surface area contributed by atoms with Crippen LogP contribution in [-0.4, -0.2) is 51.3 Å². The predicted molar refractivity (Wildman–Crippen MR) is 111 cm³/mol. The van der Waals surface area contributed by atoms with Crippen LogP contribution < -0.4 is 16.0 Å². The topological polar surface area (TPSA) is 102 Å². The molecule has 3 aromatic rings. The van der Waals surface area contributed by atoms with Crippen molar-refractivity contribution in [2.75, 3.05) is 24.5 Å². The molecule has 3 heterocycles. The van der Waals surface area contributed by atoms with Crippen molar-refractivity contribution in [2.45, 2.75) is 26.3 Å². The van der Waals surface area contributed by atoms with Crippen molar-refractivity contribution in [3.8, 4) is 5.95 Å². The third-order valence-electron chi connectivity index (χ3n) is 5.18. The maximum atomic E-state index is 14.3. The summed E-state index contributed by atoms with van der Waals surface area (Å²) in [6, 6.07) is 6.64. The molecule has 2 aromatic heterocycles. The molecule has 1 atom stereocenters. The molecule has 31 heavy (non-hydrogen) atoms. The van der Waals surface area contributed by atoms with Gasteiger partial charge in [-0.15, -0.1) is 0 Å². The average Bonchev–Trinajstić information content (AvgIpc) is 3.08. The van der Waals surface area contributed by atoms with Crippen molar-refractivity contribution in [3.63, 3.8) is 0 Å². The van der Waals surface area contributed by atoms with Gasteiger partial charge in [0.2, 0.25) is 5.91 Å². The van der Waals surface area contributed by atoms with Crippen LogP contribution in [0.2, 0.25) is 0 Å². The molecule has 0 radical (unpaired) electrons. The van der Waals surface area contributed by atoms with E-state index in [0.717, 1.165) is 17.5 Å². The first kappa shape index (κ1) is 20.9. The Labute approximate surface area is 178 Å². The van der Waals surface area contributed by atoms with E-state index in [2.05, 4.69) is 20.4 Å². The minimum Gasteiger partial charge on any atom is -0.368 e. The van der Waals surface area contributed by atoms with Crippen LogP contribution in [0.5, 0.6) is 0 Å². The summed E-state index contributed by atoms with van der Waals surface area (Å²) in [4.78, 5) is 22.8. The lowest BCUT2D eigenvalue weighted by Crippen LogP contribution is -2.56. The number of nitrogens with two attached hydrogens (primary N) is 1. The first-order chi connectivity index (χ1) is 14.8. The summed E-state index contributed by atoms with van der Waals surface area (Å²) >= 11 is 0. The van der Waals surface area contributed by atoms with Crippen molar-refractivity contribution in [3.05, 3.63) is 64.6 Å². The number of halogens is 2. The van der Waals surface area contributed by atoms with Gasteiger partial charge in [-0.3, -0.25) is 4.79 Å². The van der Waals surface area contributed by atoms with Gasteiger partial charge in [-0.2, -0.15) is 10.1 Å². The molecule has 1 aliphatic rings. The Morgan fingerprint density at radius 1 is 1.23 bits per heavy atom. The number of carbonyl (C=O) groups excluding carboxylic acids is 1. The van der Waals surface area contributed by atoms with Gasteiger partial charge < -0.3 is 16.0 Å². The first-order valence-corrected chi connectivity index (χ1v) is 9.93. The molecule has 1 aliphatic heterocycles. The largest absolute Gasteiger partial charge is 0.368 e. The first-order valence-electron chi connectivity index (χ1n) is 9.93. The summed E-state index contributed by atoms with van der Waals surface area (Å²) in [7, 11) is 0. The van der Waals surface area contributed by atoms with Gasteiger partial charge in [0, 0.05) is 43.9 Å². The lowest BCUT2D eigenvalue weighted by Gasteiger charge is -2.33. The minimum atomic E-state index is -0.635. The standard InChI is InChI=1S/C21H23F2N7O/c1-12-7-13(2)30(28-12)21-26-16(8-14-3-4-15(22)9-17(14)23)10-19(27-21)29-6-5-25-18(11-29)20(24)31/h3-4,7,9-10,18,25H,5-6,8,11H2,1-2H3,(H2,24,31). The maximum absolute atomic E-state index is 14.3. The molecule has 10 heteroatoms. The second-order valence-corrected chi connectivity index (χ2v) is 7.62. The molecule has 1 amide bonds. The molecular formula is C21H23F2N7O. The number of primary amides is 1. The zero-order chi connectivity index (χ0) is 22.1. The lowest BCUT2D eigenvalue weighted by molar-refractivity contribution is -0.120. The third-order valence-corrected chi connectivity index (χ3v) is 5.18. The SMILES string of the molecule is Cc1cc(C)n(-c2nc(Cc3ccc(F)cc3F)cc(N3CCNC(C(N)=O)C3)n2)n1. The van der Waals surface area contributed by atoms with E-state index in [9.17, 15) is 13.6 Å². The lowest BCUT2D eigenvalue weighted by atomic mass is 10.1. The number of anilines is 1. The number of nitrogens with zero attached hydrogens (tertiary/aromatic N) is 5. The maximum Gasteiger partial charge on any atom is 0.252 e. The van der Waals surface area contributed by atoms with Crippen LogP contribution in [0.25, 0.3) is 5.95 Å². The fraction of sp³-hybridized carbons (Fsp3) is 0.333. The molecule has 0 bridgehead atoms. The summed E-state index contributed by atoms with van der Waals surface area (Å²) < 4.78 is 29.2. The highest BCUT2D eigenvalue weighted by Crippen LogP contribution is 2.21. The number of nitrogens with one attached hydrogen (secondary N) is 1. The van der Waals surface area contributed by atoms with Gasteiger partial charge in [0.15, 0.2) is 0 Å². The molecule has 162 valence electrons. The number of benzene rings is 1. The molecule has 1 unspecified atom stereocenters. The smallest absolute Gasteiger partial charge is 0.252 e. The van der Waals surface area contributed by atoms with Crippen molar-refractivity contribution >= 4 is 11.7 Å². The molecular weight excluding hydrogens is 404 g/mol. The quantitative estimate of drug-likeness (QED) is 0.639. The minimum absolute atomic E-state index is 0.152. The van der Waals surface area contributed by atoms with E-state index in [1.165, 1.54) is 12.1 Å². The summed E-state index contributed by atoms with van der Waals surface area (Å²) in [5, 5.41) is 7.53. The van der Waals surface area contributed by atoms with E-state index >= 15 is 0 Å². The number of hydrogen-bond acceptors (Lipinski definition) is 6. The second-order valence-electron chi connectivity index (χ2n) is 7.62. The van der Waals surface area contributed by atoms with Crippen LogP contribution in [0.1, 0.15) is 22.6 Å². The highest BCUT2D eigenvalue weighted by Gasteiger charge is 2.25. The number of aryl methyl sites for hydroxylation is 2. The molecule has 4 rings (SSSR count). The zero-order valence-electron chi connectivity index (χ0n) is 17.3. The number of amides is 1. The fourth-order valence-electron chi connectivity index (χ4n) is 3.66. The molecule has 3 N–H and O–H groups in total. The van der Waals surface area contributed by atoms with Gasteiger partial charge in [-0.1, -0.05) is 6.07 Å². The van der Waals surface area contributed by atoms with Crippen LogP contribution in [-0.2, 0) is 11.2 Å². The van der Waals surface area contributed by atoms with Crippen molar-refractivity contribution in [1.29, 1.82) is 0 Å². The van der Waals surface area contributed by atoms with Crippen molar-refractivity contribution in [1.82, 2.24) is 25.1 Å². The molecule has 1 aromatic carbocycles. The van der Waals surface area contributed by atoms with Gasteiger partial charge >= 0.3 is 0 Å². The molecule has 1 saturated heterocycles. The Bertz CT molecular complexity index is 1130. The van der Waals surface area contributed by atoms with Gasteiger partial charge in [0.1, 0.15) is 23.5 Å². The monoisotopic (exact) mass is 427 g/mol. The van der Waals surface area contributed by atoms with E-state index in [0.29, 0.717) is 42.7 Å². The fourth-order valence-corrected chi connectivity index (χ4v) is 3.66. The van der Waals surface area contributed by atoms with Crippen LogP contribution >= 0.6 is 0 Å². The van der Waals surface area contributed by atoms with E-state index in [1.807, 2.05) is 24.8 Å². The van der Waals surface area contributed by atoms with Gasteiger partial charge in [0.25, 0.3) is 5.95 Å². The molecule has 0 saturated carbocycles. The Balaban J connectivity index is 1.75.